The van der Waals surface area contributed by atoms with Gasteiger partial charge in [-0.1, -0.05) is 29.3 Å². The maximum atomic E-state index is 6.28. The van der Waals surface area contributed by atoms with Crippen LogP contribution in [0.5, 0.6) is 0 Å². The molecule has 1 aromatic carbocycles. The standard InChI is InChI=1S/C14H11Cl3N4/c1-7-11-6-18-14(17)19-13(11)21(20-7)8(2)10-4-3-9(15)5-12(10)16/h3-6,8H,1-2H3/t8-/m1/s1. The molecule has 1 atom stereocenters. The Labute approximate surface area is 136 Å². The average Bonchev–Trinajstić information content (AvgIpc) is 2.75. The van der Waals surface area contributed by atoms with E-state index in [1.807, 2.05) is 19.9 Å². The molecule has 2 heterocycles. The first-order valence-corrected chi connectivity index (χ1v) is 7.43. The van der Waals surface area contributed by atoms with Crippen LogP contribution in [-0.2, 0) is 0 Å². The SMILES string of the molecule is Cc1nn([C@H](C)c2ccc(Cl)cc2Cl)c2nc(Cl)ncc12. The summed E-state index contributed by atoms with van der Waals surface area (Å²) in [5.41, 5.74) is 2.45. The number of nitrogens with zero attached hydrogens (tertiary/aromatic N) is 4. The van der Waals surface area contributed by atoms with E-state index in [-0.39, 0.29) is 11.3 Å². The van der Waals surface area contributed by atoms with Crippen molar-refractivity contribution >= 4 is 45.8 Å². The van der Waals surface area contributed by atoms with Crippen LogP contribution >= 0.6 is 34.8 Å². The summed E-state index contributed by atoms with van der Waals surface area (Å²) in [5, 5.41) is 6.79. The van der Waals surface area contributed by atoms with Gasteiger partial charge in [0.1, 0.15) is 0 Å². The van der Waals surface area contributed by atoms with E-state index >= 15 is 0 Å². The minimum atomic E-state index is -0.100. The zero-order chi connectivity index (χ0) is 15.1. The van der Waals surface area contributed by atoms with Gasteiger partial charge in [0.15, 0.2) is 5.65 Å². The lowest BCUT2D eigenvalue weighted by Crippen LogP contribution is -2.10. The molecule has 0 spiro atoms. The van der Waals surface area contributed by atoms with Crippen molar-refractivity contribution in [1.82, 2.24) is 19.7 Å². The first-order valence-electron chi connectivity index (χ1n) is 6.29. The Kier molecular flexibility index (Phi) is 3.78. The normalized spacial score (nSPS) is 12.8. The molecule has 3 rings (SSSR count). The summed E-state index contributed by atoms with van der Waals surface area (Å²) in [6.07, 6.45) is 1.68. The van der Waals surface area contributed by atoms with E-state index in [2.05, 4.69) is 15.1 Å². The molecule has 4 nitrogen and oxygen atoms in total. The van der Waals surface area contributed by atoms with Crippen molar-refractivity contribution in [2.75, 3.05) is 0 Å². The molecular weight excluding hydrogens is 331 g/mol. The first-order chi connectivity index (χ1) is 9.97. The molecule has 3 aromatic rings. The number of halogens is 3. The molecule has 0 saturated carbocycles. The van der Waals surface area contributed by atoms with Crippen LogP contribution in [0.1, 0.15) is 24.2 Å². The molecule has 108 valence electrons. The van der Waals surface area contributed by atoms with Gasteiger partial charge in [-0.15, -0.1) is 0 Å². The molecule has 0 radical (unpaired) electrons. The molecule has 0 saturated heterocycles. The third-order valence-corrected chi connectivity index (χ3v) is 4.13. The lowest BCUT2D eigenvalue weighted by molar-refractivity contribution is 0.575. The van der Waals surface area contributed by atoms with Gasteiger partial charge in [-0.2, -0.15) is 10.1 Å². The molecule has 0 N–H and O–H groups in total. The van der Waals surface area contributed by atoms with Gasteiger partial charge in [0, 0.05) is 16.2 Å². The molecule has 0 aliphatic heterocycles. The molecule has 21 heavy (non-hydrogen) atoms. The Morgan fingerprint density at radius 1 is 1.19 bits per heavy atom. The van der Waals surface area contributed by atoms with E-state index in [0.29, 0.717) is 15.7 Å². The summed E-state index contributed by atoms with van der Waals surface area (Å²) >= 11 is 18.1. The number of hydrogen-bond donors (Lipinski definition) is 0. The Morgan fingerprint density at radius 3 is 2.67 bits per heavy atom. The van der Waals surface area contributed by atoms with Crippen molar-refractivity contribution in [1.29, 1.82) is 0 Å². The second kappa shape index (κ2) is 5.44. The Hall–Kier alpha value is -1.36. The number of aryl methyl sites for hydroxylation is 1. The Balaban J connectivity index is 2.17. The minimum Gasteiger partial charge on any atom is -0.240 e. The van der Waals surface area contributed by atoms with Crippen molar-refractivity contribution in [2.45, 2.75) is 19.9 Å². The van der Waals surface area contributed by atoms with Crippen LogP contribution in [0.2, 0.25) is 15.3 Å². The maximum Gasteiger partial charge on any atom is 0.224 e. The van der Waals surface area contributed by atoms with E-state index in [4.69, 9.17) is 34.8 Å². The molecule has 0 aliphatic rings. The van der Waals surface area contributed by atoms with Crippen molar-refractivity contribution in [3.63, 3.8) is 0 Å². The predicted molar refractivity (Wildman–Crippen MR) is 85.3 cm³/mol. The monoisotopic (exact) mass is 340 g/mol. The molecule has 2 aromatic heterocycles. The fourth-order valence-electron chi connectivity index (χ4n) is 2.29. The topological polar surface area (TPSA) is 43.6 Å². The van der Waals surface area contributed by atoms with Crippen molar-refractivity contribution in [3.05, 3.63) is 51.0 Å². The zero-order valence-corrected chi connectivity index (χ0v) is 13.6. The second-order valence-electron chi connectivity index (χ2n) is 4.75. The highest BCUT2D eigenvalue weighted by Crippen LogP contribution is 2.30. The number of rotatable bonds is 2. The second-order valence-corrected chi connectivity index (χ2v) is 5.93. The number of fused-ring (bicyclic) bond motifs is 1. The molecule has 0 unspecified atom stereocenters. The maximum absolute atomic E-state index is 6.28. The zero-order valence-electron chi connectivity index (χ0n) is 11.3. The fraction of sp³-hybridized carbons (Fsp3) is 0.214. The van der Waals surface area contributed by atoms with Crippen molar-refractivity contribution < 1.29 is 0 Å². The number of benzene rings is 1. The van der Waals surface area contributed by atoms with Crippen LogP contribution in [0.25, 0.3) is 11.0 Å². The quantitative estimate of drug-likeness (QED) is 0.634. The van der Waals surface area contributed by atoms with Gasteiger partial charge in [0.25, 0.3) is 0 Å². The van der Waals surface area contributed by atoms with Gasteiger partial charge in [-0.3, -0.25) is 0 Å². The molecule has 7 heteroatoms. The molecule has 0 bridgehead atoms. The average molecular weight is 342 g/mol. The summed E-state index contributed by atoms with van der Waals surface area (Å²) in [6.45, 7) is 3.91. The van der Waals surface area contributed by atoms with Crippen LogP contribution in [0.4, 0.5) is 0 Å². The van der Waals surface area contributed by atoms with Gasteiger partial charge in [0.05, 0.1) is 17.1 Å². The minimum absolute atomic E-state index is 0.100. The van der Waals surface area contributed by atoms with Gasteiger partial charge < -0.3 is 0 Å². The highest BCUT2D eigenvalue weighted by Gasteiger charge is 2.18. The number of hydrogen-bond acceptors (Lipinski definition) is 3. The van der Waals surface area contributed by atoms with E-state index in [1.165, 1.54) is 0 Å². The Bertz CT molecular complexity index is 828. The van der Waals surface area contributed by atoms with Crippen LogP contribution in [0.3, 0.4) is 0 Å². The van der Waals surface area contributed by atoms with Crippen molar-refractivity contribution in [2.24, 2.45) is 0 Å². The number of aromatic nitrogens is 4. The van der Waals surface area contributed by atoms with Crippen LogP contribution in [-0.4, -0.2) is 19.7 Å². The smallest absolute Gasteiger partial charge is 0.224 e. The van der Waals surface area contributed by atoms with Gasteiger partial charge in [-0.25, -0.2) is 9.67 Å². The summed E-state index contributed by atoms with van der Waals surface area (Å²) in [4.78, 5) is 8.28. The van der Waals surface area contributed by atoms with Gasteiger partial charge in [0.2, 0.25) is 5.28 Å². The Morgan fingerprint density at radius 2 is 1.95 bits per heavy atom. The highest BCUT2D eigenvalue weighted by molar-refractivity contribution is 6.35. The van der Waals surface area contributed by atoms with Crippen LogP contribution < -0.4 is 0 Å². The largest absolute Gasteiger partial charge is 0.240 e. The highest BCUT2D eigenvalue weighted by atomic mass is 35.5. The fourth-order valence-corrected chi connectivity index (χ4v) is 2.98. The molecular formula is C14H11Cl3N4. The lowest BCUT2D eigenvalue weighted by Gasteiger charge is -2.15. The van der Waals surface area contributed by atoms with E-state index in [9.17, 15) is 0 Å². The first kappa shape index (κ1) is 14.6. The third-order valence-electron chi connectivity index (χ3n) is 3.38. The summed E-state index contributed by atoms with van der Waals surface area (Å²) in [5.74, 6) is 0. The molecule has 0 amide bonds. The summed E-state index contributed by atoms with van der Waals surface area (Å²) < 4.78 is 1.80. The van der Waals surface area contributed by atoms with Gasteiger partial charge in [-0.05, 0) is 43.1 Å². The van der Waals surface area contributed by atoms with Crippen LogP contribution in [0.15, 0.2) is 24.4 Å². The summed E-state index contributed by atoms with van der Waals surface area (Å²) in [6, 6.07) is 5.31. The predicted octanol–water partition coefficient (Wildman–Crippen LogP) is 4.70. The molecule has 0 fully saturated rings. The van der Waals surface area contributed by atoms with Gasteiger partial charge >= 0.3 is 0 Å². The van der Waals surface area contributed by atoms with E-state index < -0.39 is 0 Å². The van der Waals surface area contributed by atoms with Crippen molar-refractivity contribution in [3.8, 4) is 0 Å². The third kappa shape index (κ3) is 2.59. The lowest BCUT2D eigenvalue weighted by atomic mass is 10.1. The van der Waals surface area contributed by atoms with E-state index in [1.54, 1.807) is 23.0 Å². The molecule has 0 aliphatic carbocycles. The van der Waals surface area contributed by atoms with E-state index in [0.717, 1.165) is 16.6 Å². The summed E-state index contributed by atoms with van der Waals surface area (Å²) in [7, 11) is 0. The van der Waals surface area contributed by atoms with Crippen LogP contribution in [0, 0.1) is 6.92 Å².